The minimum Gasteiger partial charge on any atom is -0.381 e. The number of pyridine rings is 1. The van der Waals surface area contributed by atoms with Gasteiger partial charge >= 0.3 is 0 Å². The van der Waals surface area contributed by atoms with E-state index in [4.69, 9.17) is 0 Å². The van der Waals surface area contributed by atoms with Gasteiger partial charge in [0.15, 0.2) is 0 Å². The normalized spacial score (nSPS) is 12.4. The molecule has 1 aromatic rings. The summed E-state index contributed by atoms with van der Waals surface area (Å²) in [6.07, 6.45) is 1.89. The summed E-state index contributed by atoms with van der Waals surface area (Å²) >= 11 is 0. The first-order valence-corrected chi connectivity index (χ1v) is 3.40. The number of aromatic nitrogens is 1. The molecule has 0 aliphatic carbocycles. The third kappa shape index (κ3) is 2.28. The smallest absolute Gasteiger partial charge is 0.233 e. The largest absolute Gasteiger partial charge is 0.381 e. The van der Waals surface area contributed by atoms with E-state index in [0.29, 0.717) is 5.56 Å². The van der Waals surface area contributed by atoms with Gasteiger partial charge in [-0.05, 0) is 6.07 Å². The fourth-order valence-electron chi connectivity index (χ4n) is 0.820. The summed E-state index contributed by atoms with van der Waals surface area (Å²) in [5, 5.41) is 19.2. The fraction of sp³-hybridized carbons (Fsp3) is 0.286. The Labute approximate surface area is 68.8 Å². The lowest BCUT2D eigenvalue weighted by atomic mass is 10.2. The molecule has 0 unspecified atom stereocenters. The first kappa shape index (κ1) is 8.61. The maximum atomic E-state index is 10.0. The summed E-state index contributed by atoms with van der Waals surface area (Å²) in [6.45, 7) is -0.480. The summed E-state index contributed by atoms with van der Waals surface area (Å²) < 4.78 is 0. The van der Waals surface area contributed by atoms with Crippen LogP contribution in [0.2, 0.25) is 0 Å². The molecule has 0 radical (unpaired) electrons. The molecule has 0 aliphatic heterocycles. The van der Waals surface area contributed by atoms with E-state index >= 15 is 0 Å². The van der Waals surface area contributed by atoms with Gasteiger partial charge < -0.3 is 5.11 Å². The molecule has 0 amide bonds. The topological polar surface area (TPSA) is 76.3 Å². The second kappa shape index (κ2) is 3.77. The Morgan fingerprint density at radius 3 is 3.00 bits per heavy atom. The molecule has 0 spiro atoms. The maximum absolute atomic E-state index is 10.0. The third-order valence-corrected chi connectivity index (χ3v) is 1.39. The van der Waals surface area contributed by atoms with Gasteiger partial charge in [-0.2, -0.15) is 0 Å². The van der Waals surface area contributed by atoms with Gasteiger partial charge in [-0.25, -0.2) is 0 Å². The minimum absolute atomic E-state index is 0.467. The van der Waals surface area contributed by atoms with Crippen molar-refractivity contribution in [1.29, 1.82) is 0 Å². The minimum atomic E-state index is -1.06. The predicted octanol–water partition coefficient (Wildman–Crippen LogP) is 0.392. The average molecular weight is 168 g/mol. The van der Waals surface area contributed by atoms with Crippen LogP contribution in [0.4, 0.5) is 0 Å². The Kier molecular flexibility index (Phi) is 2.71. The highest BCUT2D eigenvalue weighted by Gasteiger charge is 2.13. The second-order valence-electron chi connectivity index (χ2n) is 2.32. The molecule has 0 saturated carbocycles. The molecule has 0 saturated heterocycles. The summed E-state index contributed by atoms with van der Waals surface area (Å²) in [6, 6.07) is 3.22. The van der Waals surface area contributed by atoms with Gasteiger partial charge in [-0.3, -0.25) is 15.1 Å². The molecule has 1 heterocycles. The first-order valence-electron chi connectivity index (χ1n) is 3.40. The van der Waals surface area contributed by atoms with Crippen LogP contribution in [-0.2, 0) is 0 Å². The average Bonchev–Trinajstić information content (AvgIpc) is 2.05. The second-order valence-corrected chi connectivity index (χ2v) is 2.32. The number of aliphatic hydroxyl groups is 1. The molecular weight excluding hydrogens is 160 g/mol. The van der Waals surface area contributed by atoms with E-state index in [1.807, 2.05) is 0 Å². The lowest BCUT2D eigenvalue weighted by Crippen LogP contribution is -2.11. The van der Waals surface area contributed by atoms with Crippen molar-refractivity contribution in [2.45, 2.75) is 6.10 Å². The number of aliphatic hydroxyl groups excluding tert-OH is 1. The van der Waals surface area contributed by atoms with E-state index in [0.717, 1.165) is 0 Å². The summed E-state index contributed by atoms with van der Waals surface area (Å²) in [4.78, 5) is 13.2. The monoisotopic (exact) mass is 168 g/mol. The molecule has 0 fully saturated rings. The van der Waals surface area contributed by atoms with Gasteiger partial charge in [0.25, 0.3) is 0 Å². The van der Waals surface area contributed by atoms with Gasteiger partial charge in [-0.1, -0.05) is 6.07 Å². The van der Waals surface area contributed by atoms with Crippen molar-refractivity contribution in [3.8, 4) is 0 Å². The Bertz CT molecular complexity index is 263. The molecule has 0 bridgehead atoms. The van der Waals surface area contributed by atoms with Crippen LogP contribution in [0.3, 0.4) is 0 Å². The van der Waals surface area contributed by atoms with Crippen LogP contribution in [0.5, 0.6) is 0 Å². The molecule has 5 nitrogen and oxygen atoms in total. The zero-order valence-electron chi connectivity index (χ0n) is 6.25. The van der Waals surface area contributed by atoms with E-state index in [1.165, 1.54) is 6.20 Å². The Hall–Kier alpha value is -1.49. The van der Waals surface area contributed by atoms with E-state index in [9.17, 15) is 15.2 Å². The van der Waals surface area contributed by atoms with Crippen LogP contribution in [0, 0.1) is 10.1 Å². The van der Waals surface area contributed by atoms with Crippen molar-refractivity contribution in [1.82, 2.24) is 4.98 Å². The van der Waals surface area contributed by atoms with Gasteiger partial charge in [0.05, 0.1) is 0 Å². The maximum Gasteiger partial charge on any atom is 0.233 e. The summed E-state index contributed by atoms with van der Waals surface area (Å²) in [5.41, 5.74) is 0.467. The zero-order valence-corrected chi connectivity index (χ0v) is 6.25. The highest BCUT2D eigenvalue weighted by Crippen LogP contribution is 2.09. The van der Waals surface area contributed by atoms with E-state index in [-0.39, 0.29) is 0 Å². The number of nitrogens with zero attached hydrogens (tertiary/aromatic N) is 2. The van der Waals surface area contributed by atoms with Crippen molar-refractivity contribution >= 4 is 0 Å². The Morgan fingerprint density at radius 2 is 2.50 bits per heavy atom. The molecule has 0 aliphatic rings. The number of hydrogen-bond donors (Lipinski definition) is 1. The predicted molar refractivity (Wildman–Crippen MR) is 41.1 cm³/mol. The molecule has 1 aromatic heterocycles. The van der Waals surface area contributed by atoms with Crippen molar-refractivity contribution in [2.75, 3.05) is 6.54 Å². The van der Waals surface area contributed by atoms with Crippen molar-refractivity contribution in [3.05, 3.63) is 40.2 Å². The third-order valence-electron chi connectivity index (χ3n) is 1.39. The van der Waals surface area contributed by atoms with E-state index in [1.54, 1.807) is 18.3 Å². The molecule has 1 rings (SSSR count). The molecule has 0 aromatic carbocycles. The van der Waals surface area contributed by atoms with Crippen molar-refractivity contribution in [3.63, 3.8) is 0 Å². The highest BCUT2D eigenvalue weighted by molar-refractivity contribution is 5.11. The van der Waals surface area contributed by atoms with Crippen LogP contribution in [-0.4, -0.2) is 21.6 Å². The molecular formula is C7H8N2O3. The van der Waals surface area contributed by atoms with Crippen LogP contribution < -0.4 is 0 Å². The van der Waals surface area contributed by atoms with Gasteiger partial charge in [0.1, 0.15) is 6.10 Å². The molecule has 1 N–H and O–H groups in total. The number of hydrogen-bond acceptors (Lipinski definition) is 4. The van der Waals surface area contributed by atoms with Gasteiger partial charge in [-0.15, -0.1) is 0 Å². The summed E-state index contributed by atoms with van der Waals surface area (Å²) in [5.74, 6) is 0. The van der Waals surface area contributed by atoms with Crippen molar-refractivity contribution in [2.24, 2.45) is 0 Å². The lowest BCUT2D eigenvalue weighted by molar-refractivity contribution is -0.491. The molecule has 12 heavy (non-hydrogen) atoms. The van der Waals surface area contributed by atoms with Crippen LogP contribution in [0.15, 0.2) is 24.5 Å². The zero-order chi connectivity index (χ0) is 8.97. The van der Waals surface area contributed by atoms with Crippen LogP contribution in [0.1, 0.15) is 11.7 Å². The van der Waals surface area contributed by atoms with Crippen molar-refractivity contribution < 1.29 is 10.0 Å². The number of nitro groups is 1. The van der Waals surface area contributed by atoms with E-state index < -0.39 is 17.6 Å². The molecule has 5 heteroatoms. The van der Waals surface area contributed by atoms with Gasteiger partial charge in [0.2, 0.25) is 6.54 Å². The molecule has 64 valence electrons. The quantitative estimate of drug-likeness (QED) is 0.523. The Balaban J connectivity index is 2.65. The van der Waals surface area contributed by atoms with Crippen LogP contribution in [0.25, 0.3) is 0 Å². The SMILES string of the molecule is O=[N+]([O-])C[C@H](O)c1cccnc1. The molecule has 1 atom stereocenters. The number of rotatable bonds is 3. The standard InChI is InChI=1S/C7H8N2O3/c10-7(5-9(11)12)6-2-1-3-8-4-6/h1-4,7,10H,5H2/t7-/m0/s1. The Morgan fingerprint density at radius 1 is 1.75 bits per heavy atom. The first-order chi connectivity index (χ1) is 5.70. The highest BCUT2D eigenvalue weighted by atomic mass is 16.6. The van der Waals surface area contributed by atoms with Crippen LogP contribution >= 0.6 is 0 Å². The van der Waals surface area contributed by atoms with Gasteiger partial charge in [0, 0.05) is 22.9 Å². The summed E-state index contributed by atoms with van der Waals surface area (Å²) in [7, 11) is 0. The van der Waals surface area contributed by atoms with E-state index in [2.05, 4.69) is 4.98 Å². The lowest BCUT2D eigenvalue weighted by Gasteiger charge is -2.03. The fourth-order valence-corrected chi connectivity index (χ4v) is 0.820.